The Morgan fingerprint density at radius 3 is 1.01 bits per heavy atom. The highest BCUT2D eigenvalue weighted by molar-refractivity contribution is 5.93. The molecule has 0 aromatic heterocycles. The van der Waals surface area contributed by atoms with Crippen molar-refractivity contribution in [2.75, 3.05) is 4.90 Å². The van der Waals surface area contributed by atoms with Crippen LogP contribution >= 0.6 is 0 Å². The van der Waals surface area contributed by atoms with E-state index in [0.29, 0.717) is 0 Å². The zero-order valence-corrected chi connectivity index (χ0v) is 45.5. The van der Waals surface area contributed by atoms with Crippen LogP contribution < -0.4 is 4.90 Å². The molecule has 2 aliphatic carbocycles. The molecule has 8 aromatic rings. The van der Waals surface area contributed by atoms with E-state index in [1.54, 1.807) is 0 Å². The van der Waals surface area contributed by atoms with Crippen molar-refractivity contribution in [2.45, 2.75) is 143 Å². The summed E-state index contributed by atoms with van der Waals surface area (Å²) in [7, 11) is 0. The van der Waals surface area contributed by atoms with Crippen molar-refractivity contribution < 1.29 is 0 Å². The lowest BCUT2D eigenvalue weighted by Crippen LogP contribution is -2.19. The molecule has 0 aliphatic heterocycles. The Kier molecular flexibility index (Phi) is 11.2. The summed E-state index contributed by atoms with van der Waals surface area (Å²) in [4.78, 5) is 2.49. The number of rotatable bonds is 6. The SMILES string of the molecule is CC(C)(C)c1ccc(N(c2ccc(-c3ccccc3)cc2)c2cc(-c3ccc4c(c3)C(C)(C)c3cc(C(C)(C)C)ccc3-4)c(C(C)(C)C)c(-c3ccc4c(c3)C(C)(C)c3cc(C(C)(C)C)ccc3-4)c2)cc1. The van der Waals surface area contributed by atoms with Crippen molar-refractivity contribution in [2.24, 2.45) is 0 Å². The molecule has 1 heteroatoms. The van der Waals surface area contributed by atoms with Crippen LogP contribution in [0, 0.1) is 0 Å². The van der Waals surface area contributed by atoms with Crippen LogP contribution in [0.5, 0.6) is 0 Å². The third-order valence-corrected chi connectivity index (χ3v) is 16.1. The first kappa shape index (κ1) is 48.2. The van der Waals surface area contributed by atoms with Gasteiger partial charge in [-0.25, -0.2) is 0 Å². The first-order chi connectivity index (χ1) is 33.2. The molecule has 1 nitrogen and oxygen atoms in total. The maximum Gasteiger partial charge on any atom is 0.0474 e. The van der Waals surface area contributed by atoms with Gasteiger partial charge in [-0.2, -0.15) is 0 Å². The summed E-state index contributed by atoms with van der Waals surface area (Å²) in [5.41, 5.74) is 26.9. The molecule has 0 atom stereocenters. The Morgan fingerprint density at radius 1 is 0.282 bits per heavy atom. The van der Waals surface area contributed by atoms with Gasteiger partial charge < -0.3 is 4.90 Å². The molecule has 0 unspecified atom stereocenters. The molecule has 71 heavy (non-hydrogen) atoms. The molecular formula is C70H75N. The zero-order valence-electron chi connectivity index (χ0n) is 45.5. The van der Waals surface area contributed by atoms with Gasteiger partial charge in [-0.15, -0.1) is 0 Å². The number of hydrogen-bond donors (Lipinski definition) is 0. The van der Waals surface area contributed by atoms with E-state index >= 15 is 0 Å². The molecule has 0 fully saturated rings. The fraction of sp³-hybridized carbons (Fsp3) is 0.314. The fourth-order valence-electron chi connectivity index (χ4n) is 11.8. The van der Waals surface area contributed by atoms with Crippen LogP contribution in [0.3, 0.4) is 0 Å². The average Bonchev–Trinajstić information content (AvgIpc) is 3.69. The normalized spacial score (nSPS) is 14.7. The first-order valence-corrected chi connectivity index (χ1v) is 26.1. The van der Waals surface area contributed by atoms with Crippen LogP contribution in [-0.2, 0) is 32.5 Å². The second-order valence-corrected chi connectivity index (χ2v) is 26.0. The van der Waals surface area contributed by atoms with E-state index in [9.17, 15) is 0 Å². The van der Waals surface area contributed by atoms with Gasteiger partial charge in [-0.3, -0.25) is 0 Å². The van der Waals surface area contributed by atoms with Crippen molar-refractivity contribution in [3.05, 3.63) is 208 Å². The Balaban J connectivity index is 1.23. The minimum absolute atomic E-state index is 0.0278. The van der Waals surface area contributed by atoms with Crippen LogP contribution in [0.4, 0.5) is 17.1 Å². The Hall–Kier alpha value is -6.44. The third-order valence-electron chi connectivity index (χ3n) is 16.1. The van der Waals surface area contributed by atoms with Crippen molar-refractivity contribution in [1.82, 2.24) is 0 Å². The van der Waals surface area contributed by atoms with Crippen LogP contribution in [-0.4, -0.2) is 0 Å². The first-order valence-electron chi connectivity index (χ1n) is 26.1. The molecule has 0 spiro atoms. The zero-order chi connectivity index (χ0) is 50.8. The summed E-state index contributed by atoms with van der Waals surface area (Å²) in [5.74, 6) is 0. The van der Waals surface area contributed by atoms with E-state index in [0.717, 1.165) is 17.1 Å². The topological polar surface area (TPSA) is 3.24 Å². The molecule has 0 saturated carbocycles. The second-order valence-electron chi connectivity index (χ2n) is 26.0. The highest BCUT2D eigenvalue weighted by atomic mass is 15.1. The van der Waals surface area contributed by atoms with Crippen molar-refractivity contribution >= 4 is 17.1 Å². The van der Waals surface area contributed by atoms with Crippen molar-refractivity contribution in [3.63, 3.8) is 0 Å². The highest BCUT2D eigenvalue weighted by Gasteiger charge is 2.39. The van der Waals surface area contributed by atoms with Gasteiger partial charge in [0.05, 0.1) is 0 Å². The van der Waals surface area contributed by atoms with E-state index < -0.39 is 0 Å². The van der Waals surface area contributed by atoms with Gasteiger partial charge in [0.15, 0.2) is 0 Å². The standard InChI is InChI=1S/C70H75N/c1-65(2,3)48-26-32-52(33-27-48)71(51-30-22-45(23-31-51)44-20-18-17-19-21-44)53-42-58(46-24-34-54-56-36-28-49(66(4,5)6)40-62(56)69(13,14)60(54)38-46)64(68(10,11)12)59(43-53)47-25-35-55-57-37-29-50(67(7,8)9)41-63(57)70(15,16)61(55)39-47/h17-43H,1-16H3. The Morgan fingerprint density at radius 2 is 0.620 bits per heavy atom. The minimum Gasteiger partial charge on any atom is -0.310 e. The minimum atomic E-state index is -0.210. The molecule has 10 rings (SSSR count). The van der Waals surface area contributed by atoms with Crippen LogP contribution in [0.2, 0.25) is 0 Å². The maximum absolute atomic E-state index is 2.54. The summed E-state index contributed by atoms with van der Waals surface area (Å²) >= 11 is 0. The van der Waals surface area contributed by atoms with Gasteiger partial charge in [-0.1, -0.05) is 226 Å². The number of benzene rings is 8. The molecule has 8 aromatic carbocycles. The summed E-state index contributed by atoms with van der Waals surface area (Å²) in [6, 6.07) is 63.3. The predicted octanol–water partition coefficient (Wildman–Crippen LogP) is 20.0. The molecule has 360 valence electrons. The van der Waals surface area contributed by atoms with Gasteiger partial charge in [0, 0.05) is 27.9 Å². The monoisotopic (exact) mass is 930 g/mol. The predicted molar refractivity (Wildman–Crippen MR) is 307 cm³/mol. The molecule has 0 N–H and O–H groups in total. The lowest BCUT2D eigenvalue weighted by Gasteiger charge is -2.33. The molecule has 0 saturated heterocycles. The quantitative estimate of drug-likeness (QED) is 0.161. The van der Waals surface area contributed by atoms with E-state index in [-0.39, 0.29) is 32.5 Å². The van der Waals surface area contributed by atoms with Gasteiger partial charge in [-0.05, 0) is 170 Å². The molecule has 0 radical (unpaired) electrons. The van der Waals surface area contributed by atoms with Crippen molar-refractivity contribution in [1.29, 1.82) is 0 Å². The summed E-state index contributed by atoms with van der Waals surface area (Å²) < 4.78 is 0. The van der Waals surface area contributed by atoms with E-state index in [1.165, 1.54) is 100 Å². The number of nitrogens with zero attached hydrogens (tertiary/aromatic N) is 1. The number of fused-ring (bicyclic) bond motifs is 6. The largest absolute Gasteiger partial charge is 0.310 e. The summed E-state index contributed by atoms with van der Waals surface area (Å²) in [6.07, 6.45) is 0. The summed E-state index contributed by atoms with van der Waals surface area (Å²) in [6.45, 7) is 37.8. The maximum atomic E-state index is 2.54. The molecule has 0 bridgehead atoms. The lowest BCUT2D eigenvalue weighted by molar-refractivity contribution is 0.584. The van der Waals surface area contributed by atoms with Gasteiger partial charge in [0.1, 0.15) is 0 Å². The van der Waals surface area contributed by atoms with Gasteiger partial charge >= 0.3 is 0 Å². The van der Waals surface area contributed by atoms with E-state index in [1.807, 2.05) is 0 Å². The molecular weight excluding hydrogens is 855 g/mol. The third kappa shape index (κ3) is 8.38. The molecule has 0 amide bonds. The van der Waals surface area contributed by atoms with Crippen LogP contribution in [0.1, 0.15) is 155 Å². The second kappa shape index (κ2) is 16.6. The van der Waals surface area contributed by atoms with E-state index in [4.69, 9.17) is 0 Å². The van der Waals surface area contributed by atoms with Gasteiger partial charge in [0.2, 0.25) is 0 Å². The molecule has 0 heterocycles. The van der Waals surface area contributed by atoms with Crippen molar-refractivity contribution in [3.8, 4) is 55.6 Å². The van der Waals surface area contributed by atoms with Gasteiger partial charge in [0.25, 0.3) is 0 Å². The molecule has 2 aliphatic rings. The van der Waals surface area contributed by atoms with Crippen LogP contribution in [0.15, 0.2) is 164 Å². The smallest absolute Gasteiger partial charge is 0.0474 e. The Bertz CT molecular complexity index is 3200. The van der Waals surface area contributed by atoms with E-state index in [2.05, 4.69) is 279 Å². The fourth-order valence-corrected chi connectivity index (χ4v) is 11.8. The summed E-state index contributed by atoms with van der Waals surface area (Å²) in [5, 5.41) is 0. The lowest BCUT2D eigenvalue weighted by atomic mass is 9.75. The number of hydrogen-bond acceptors (Lipinski definition) is 1. The average molecular weight is 930 g/mol. The number of anilines is 3. The highest BCUT2D eigenvalue weighted by Crippen LogP contribution is 2.55. The van der Waals surface area contributed by atoms with Crippen LogP contribution in [0.25, 0.3) is 55.6 Å². The Labute approximate surface area is 427 Å².